The summed E-state index contributed by atoms with van der Waals surface area (Å²) in [4.78, 5) is 16.1. The van der Waals surface area contributed by atoms with E-state index < -0.39 is 0 Å². The van der Waals surface area contributed by atoms with Crippen molar-refractivity contribution in [3.05, 3.63) is 249 Å². The van der Waals surface area contributed by atoms with Crippen molar-refractivity contribution in [2.24, 2.45) is 0 Å². The van der Waals surface area contributed by atoms with Crippen molar-refractivity contribution in [3.63, 3.8) is 0 Å². The highest BCUT2D eigenvalue weighted by Gasteiger charge is 2.24. The summed E-state index contributed by atoms with van der Waals surface area (Å²) in [7, 11) is 0. The number of para-hydroxylation sites is 3. The topological polar surface area (TPSA) is 48.5 Å². The Balaban J connectivity index is 1.02. The molecule has 0 spiro atoms. The molecule has 0 N–H and O–H groups in total. The number of nitrogens with zero attached hydrogens (tertiary/aromatic N) is 5. The first-order valence-electron chi connectivity index (χ1n) is 23.0. The predicted molar refractivity (Wildman–Crippen MR) is 281 cm³/mol. The van der Waals surface area contributed by atoms with Gasteiger partial charge in [-0.2, -0.15) is 9.97 Å². The second-order valence-electron chi connectivity index (χ2n) is 17.2. The van der Waals surface area contributed by atoms with Gasteiger partial charge in [-0.1, -0.05) is 218 Å². The zero-order chi connectivity index (χ0) is 45.0. The van der Waals surface area contributed by atoms with Crippen LogP contribution >= 0.6 is 0 Å². The van der Waals surface area contributed by atoms with E-state index in [0.29, 0.717) is 17.6 Å². The van der Waals surface area contributed by atoms with E-state index >= 15 is 0 Å². The quantitative estimate of drug-likeness (QED) is 0.153. The van der Waals surface area contributed by atoms with Crippen molar-refractivity contribution in [1.82, 2.24) is 24.1 Å². The van der Waals surface area contributed by atoms with Gasteiger partial charge in [0.2, 0.25) is 5.95 Å². The molecule has 0 radical (unpaired) electrons. The highest BCUT2D eigenvalue weighted by molar-refractivity contribution is 6.24. The van der Waals surface area contributed by atoms with Gasteiger partial charge in [-0.25, -0.2) is 4.98 Å². The first-order chi connectivity index (χ1) is 33.7. The van der Waals surface area contributed by atoms with Crippen LogP contribution in [0.15, 0.2) is 249 Å². The summed E-state index contributed by atoms with van der Waals surface area (Å²) in [6, 6.07) is 88.2. The lowest BCUT2D eigenvalue weighted by molar-refractivity contribution is 0.953. The minimum absolute atomic E-state index is 0.548. The molecule has 3 heterocycles. The van der Waals surface area contributed by atoms with Gasteiger partial charge in [-0.15, -0.1) is 0 Å². The van der Waals surface area contributed by atoms with Gasteiger partial charge in [0.05, 0.1) is 27.8 Å². The third-order valence-electron chi connectivity index (χ3n) is 13.2. The number of aromatic nitrogens is 5. The van der Waals surface area contributed by atoms with Gasteiger partial charge < -0.3 is 4.57 Å². The maximum Gasteiger partial charge on any atom is 0.238 e. The lowest BCUT2D eigenvalue weighted by atomic mass is 9.96. The minimum atomic E-state index is 0.548. The number of benzene rings is 10. The zero-order valence-electron chi connectivity index (χ0n) is 36.9. The van der Waals surface area contributed by atoms with Gasteiger partial charge in [0.1, 0.15) is 0 Å². The van der Waals surface area contributed by atoms with Crippen molar-refractivity contribution in [3.8, 4) is 78.9 Å². The van der Waals surface area contributed by atoms with E-state index in [0.717, 1.165) is 82.9 Å². The maximum atomic E-state index is 5.46. The monoisotopic (exact) mass is 867 g/mol. The van der Waals surface area contributed by atoms with Crippen LogP contribution in [0.5, 0.6) is 0 Å². The number of hydrogen-bond donors (Lipinski definition) is 0. The largest absolute Gasteiger partial charge is 0.307 e. The van der Waals surface area contributed by atoms with Crippen LogP contribution in [0.4, 0.5) is 0 Å². The molecular formula is C63H41N5. The molecule has 0 fully saturated rings. The summed E-state index contributed by atoms with van der Waals surface area (Å²) >= 11 is 0. The molecule has 13 rings (SSSR count). The van der Waals surface area contributed by atoms with E-state index in [1.807, 2.05) is 18.2 Å². The fourth-order valence-corrected chi connectivity index (χ4v) is 10.0. The Labute approximate surface area is 393 Å². The summed E-state index contributed by atoms with van der Waals surface area (Å²) in [5.41, 5.74) is 16.4. The van der Waals surface area contributed by atoms with E-state index in [9.17, 15) is 0 Å². The Morgan fingerprint density at radius 2 is 0.662 bits per heavy atom. The molecular weight excluding hydrogens is 827 g/mol. The second-order valence-corrected chi connectivity index (χ2v) is 17.2. The number of hydrogen-bond acceptors (Lipinski definition) is 3. The normalized spacial score (nSPS) is 11.5. The second kappa shape index (κ2) is 16.4. The van der Waals surface area contributed by atoms with Gasteiger partial charge in [-0.3, -0.25) is 4.57 Å². The van der Waals surface area contributed by atoms with Crippen molar-refractivity contribution in [2.45, 2.75) is 0 Å². The lowest BCUT2D eigenvalue weighted by Gasteiger charge is -2.16. The zero-order valence-corrected chi connectivity index (χ0v) is 36.9. The van der Waals surface area contributed by atoms with Crippen LogP contribution in [-0.4, -0.2) is 24.1 Å². The number of fused-ring (bicyclic) bond motifs is 7. The van der Waals surface area contributed by atoms with Crippen molar-refractivity contribution in [1.29, 1.82) is 0 Å². The highest BCUT2D eigenvalue weighted by Crippen LogP contribution is 2.43. The highest BCUT2D eigenvalue weighted by atomic mass is 15.2. The molecule has 5 heteroatoms. The third kappa shape index (κ3) is 6.68. The average molecular weight is 868 g/mol. The van der Waals surface area contributed by atoms with E-state index in [2.05, 4.69) is 240 Å². The van der Waals surface area contributed by atoms with Crippen LogP contribution in [0, 0.1) is 0 Å². The molecule has 318 valence electrons. The molecule has 13 aromatic rings. The molecule has 0 atom stereocenters. The van der Waals surface area contributed by atoms with Gasteiger partial charge in [-0.05, 0) is 69.3 Å². The van der Waals surface area contributed by atoms with E-state index in [4.69, 9.17) is 15.0 Å². The number of rotatable bonds is 8. The summed E-state index contributed by atoms with van der Waals surface area (Å²) in [6.45, 7) is 0. The van der Waals surface area contributed by atoms with Crippen LogP contribution in [0.3, 0.4) is 0 Å². The summed E-state index contributed by atoms with van der Waals surface area (Å²) in [6.07, 6.45) is 0. The van der Waals surface area contributed by atoms with Crippen molar-refractivity contribution >= 4 is 43.6 Å². The Kier molecular flexibility index (Phi) is 9.43. The van der Waals surface area contributed by atoms with Crippen LogP contribution in [0.2, 0.25) is 0 Å². The Bertz CT molecular complexity index is 4000. The molecule has 10 aromatic carbocycles. The molecule has 0 aliphatic heterocycles. The summed E-state index contributed by atoms with van der Waals surface area (Å²) < 4.78 is 4.71. The molecule has 0 saturated carbocycles. The first-order valence-corrected chi connectivity index (χ1v) is 23.0. The molecule has 0 amide bonds. The first kappa shape index (κ1) is 39.2. The molecule has 0 bridgehead atoms. The molecule has 0 aliphatic rings. The van der Waals surface area contributed by atoms with Crippen LogP contribution < -0.4 is 0 Å². The minimum Gasteiger partial charge on any atom is -0.307 e. The summed E-state index contributed by atoms with van der Waals surface area (Å²) in [5, 5.41) is 4.57. The van der Waals surface area contributed by atoms with Gasteiger partial charge >= 0.3 is 0 Å². The van der Waals surface area contributed by atoms with Crippen molar-refractivity contribution in [2.75, 3.05) is 0 Å². The molecule has 68 heavy (non-hydrogen) atoms. The van der Waals surface area contributed by atoms with Gasteiger partial charge in [0.15, 0.2) is 11.6 Å². The SMILES string of the molecule is c1ccc(-c2ccc(-c3cccc(-c4cccc(-c5nc(-c6ccccc6)nc(-n6c7ccccc7c7ccc8c9ccccc9n(-c9ccccc9-c9ccccc9)c8c76)n5)c4)c3)cc2)cc1. The summed E-state index contributed by atoms with van der Waals surface area (Å²) in [5.74, 6) is 1.74. The molecule has 0 unspecified atom stereocenters. The fraction of sp³-hybridized carbons (Fsp3) is 0. The van der Waals surface area contributed by atoms with Gasteiger partial charge in [0, 0.05) is 38.2 Å². The third-order valence-corrected chi connectivity index (χ3v) is 13.2. The lowest BCUT2D eigenvalue weighted by Crippen LogP contribution is -2.07. The van der Waals surface area contributed by atoms with E-state index in [-0.39, 0.29) is 0 Å². The Morgan fingerprint density at radius 1 is 0.250 bits per heavy atom. The maximum absolute atomic E-state index is 5.46. The van der Waals surface area contributed by atoms with E-state index in [1.165, 1.54) is 22.1 Å². The van der Waals surface area contributed by atoms with E-state index in [1.54, 1.807) is 0 Å². The molecule has 0 saturated heterocycles. The fourth-order valence-electron chi connectivity index (χ4n) is 10.0. The Hall–Kier alpha value is -9.19. The Morgan fingerprint density at radius 3 is 1.29 bits per heavy atom. The molecule has 3 aromatic heterocycles. The standard InChI is InChI=1S/C63H41N5/c1-4-18-42(19-5-1)43-34-36-44(37-35-43)47-24-16-25-48(40-47)49-26-17-27-50(41-49)62-64-61(46-22-8-3-9-23-46)65-63(66-62)68-58-33-15-12-30-53(58)55-39-38-54-52-29-11-14-32-57(52)67(59(54)60(55)68)56-31-13-10-28-51(56)45-20-6-2-7-21-45/h1-41H. The predicted octanol–water partition coefficient (Wildman–Crippen LogP) is 16.1. The van der Waals surface area contributed by atoms with Crippen LogP contribution in [0.1, 0.15) is 0 Å². The molecule has 0 aliphatic carbocycles. The average Bonchev–Trinajstić information content (AvgIpc) is 3.95. The van der Waals surface area contributed by atoms with Crippen LogP contribution in [0.25, 0.3) is 123 Å². The molecule has 5 nitrogen and oxygen atoms in total. The van der Waals surface area contributed by atoms with Crippen LogP contribution in [-0.2, 0) is 0 Å². The van der Waals surface area contributed by atoms with Gasteiger partial charge in [0.25, 0.3) is 0 Å². The van der Waals surface area contributed by atoms with Crippen molar-refractivity contribution < 1.29 is 0 Å². The smallest absolute Gasteiger partial charge is 0.238 e.